The van der Waals surface area contributed by atoms with Crippen LogP contribution in [0.5, 0.6) is 0 Å². The Morgan fingerprint density at radius 1 is 1.08 bits per heavy atom. The molecule has 0 heterocycles. The summed E-state index contributed by atoms with van der Waals surface area (Å²) in [5.74, 6) is 0.721. The van der Waals surface area contributed by atoms with Crippen LogP contribution in [-0.4, -0.2) is 41.3 Å². The number of fused-ring (bicyclic) bond motifs is 7. The number of rotatable bonds is 4. The van der Waals surface area contributed by atoms with Gasteiger partial charge in [-0.3, -0.25) is 4.79 Å². The molecule has 0 radical (unpaired) electrons. The Morgan fingerprint density at radius 2 is 1.81 bits per heavy atom. The summed E-state index contributed by atoms with van der Waals surface area (Å²) >= 11 is 0. The van der Waals surface area contributed by atoms with Crippen molar-refractivity contribution in [1.29, 1.82) is 0 Å². The van der Waals surface area contributed by atoms with Gasteiger partial charge >= 0.3 is 5.97 Å². The Labute approximate surface area is 223 Å². The van der Waals surface area contributed by atoms with Gasteiger partial charge < -0.3 is 19.7 Å². The maximum Gasteiger partial charge on any atom is 0.315 e. The number of aldehydes is 1. The summed E-state index contributed by atoms with van der Waals surface area (Å²) in [6, 6.07) is 0. The number of allylic oxidation sites excluding steroid dienone is 2. The van der Waals surface area contributed by atoms with Crippen molar-refractivity contribution < 1.29 is 24.5 Å². The minimum Gasteiger partial charge on any atom is -0.461 e. The van der Waals surface area contributed by atoms with E-state index < -0.39 is 23.0 Å². The molecule has 0 aromatic carbocycles. The van der Waals surface area contributed by atoms with Crippen molar-refractivity contribution in [3.63, 3.8) is 0 Å². The van der Waals surface area contributed by atoms with Crippen molar-refractivity contribution in [3.8, 4) is 0 Å². The van der Waals surface area contributed by atoms with Crippen LogP contribution in [0.3, 0.4) is 0 Å². The average molecular weight is 513 g/mol. The smallest absolute Gasteiger partial charge is 0.315 e. The molecule has 5 heteroatoms. The Balaban J connectivity index is 1.60. The number of ether oxygens (including phenoxy) is 1. The minimum absolute atomic E-state index is 0.0148. The summed E-state index contributed by atoms with van der Waals surface area (Å²) in [5.41, 5.74) is -0.581. The molecule has 0 spiro atoms. The van der Waals surface area contributed by atoms with Gasteiger partial charge in [0.15, 0.2) is 0 Å². The third-order valence-corrected chi connectivity index (χ3v) is 13.1. The van der Waals surface area contributed by atoms with Gasteiger partial charge in [0.2, 0.25) is 0 Å². The highest BCUT2D eigenvalue weighted by Gasteiger charge is 2.71. The SMILES string of the molecule is C=CCOC(=O)[C@]12CC[C@@H](C)CC1C1=CCC3C4(C)CC[C@H](O)C(C)(C=O)C4CCC3(C)C1(C)CC2O. The molecule has 5 nitrogen and oxygen atoms in total. The third kappa shape index (κ3) is 3.35. The molecule has 5 aliphatic carbocycles. The van der Waals surface area contributed by atoms with Gasteiger partial charge in [-0.2, -0.15) is 0 Å². The fourth-order valence-electron chi connectivity index (χ4n) is 10.7. The second-order valence-corrected chi connectivity index (χ2v) is 14.4. The van der Waals surface area contributed by atoms with Crippen LogP contribution in [0.4, 0.5) is 0 Å². The van der Waals surface area contributed by atoms with Crippen LogP contribution >= 0.6 is 0 Å². The first-order chi connectivity index (χ1) is 17.3. The molecule has 2 N–H and O–H groups in total. The first-order valence-electron chi connectivity index (χ1n) is 14.7. The summed E-state index contributed by atoms with van der Waals surface area (Å²) in [6.45, 7) is 15.3. The molecule has 11 atom stereocenters. The van der Waals surface area contributed by atoms with Crippen molar-refractivity contribution in [2.75, 3.05) is 6.61 Å². The second-order valence-electron chi connectivity index (χ2n) is 14.4. The number of hydrogen-bond donors (Lipinski definition) is 2. The van der Waals surface area contributed by atoms with E-state index >= 15 is 0 Å². The lowest BCUT2D eigenvalue weighted by Crippen LogP contribution is -2.67. The standard InChI is InChI=1S/C32H48O5/c1-7-16-37-27(36)32-15-10-20(2)17-22(32)21-8-9-24-28(3)13-12-25(34)29(4,19-33)23(28)11-14-30(24,5)31(21,6)18-26(32)35/h7-8,19-20,22-26,34-35H,1,9-18H2,2-6H3/t20-,22?,23?,24?,25+,26?,28?,29?,30?,31?,32-/m1/s1. The van der Waals surface area contributed by atoms with E-state index in [0.29, 0.717) is 31.1 Å². The Hall–Kier alpha value is -1.46. The molecule has 8 unspecified atom stereocenters. The zero-order valence-corrected chi connectivity index (χ0v) is 23.6. The number of carbonyl (C=O) groups excluding carboxylic acids is 2. The van der Waals surface area contributed by atoms with Gasteiger partial charge in [0.05, 0.1) is 17.6 Å². The average Bonchev–Trinajstić information content (AvgIpc) is 2.85. The second kappa shape index (κ2) is 8.78. The normalized spacial score (nSPS) is 52.9. The van der Waals surface area contributed by atoms with E-state index in [1.165, 1.54) is 5.57 Å². The minimum atomic E-state index is -0.879. The van der Waals surface area contributed by atoms with Gasteiger partial charge in [0, 0.05) is 0 Å². The quantitative estimate of drug-likeness (QED) is 0.289. The van der Waals surface area contributed by atoms with E-state index in [1.807, 2.05) is 6.92 Å². The summed E-state index contributed by atoms with van der Waals surface area (Å²) in [5, 5.41) is 22.8. The molecule has 206 valence electrons. The summed E-state index contributed by atoms with van der Waals surface area (Å²) in [6.07, 6.45) is 11.2. The molecule has 0 aliphatic heterocycles. The maximum absolute atomic E-state index is 13.6. The van der Waals surface area contributed by atoms with Crippen molar-refractivity contribution in [1.82, 2.24) is 0 Å². The predicted molar refractivity (Wildman–Crippen MR) is 143 cm³/mol. The Morgan fingerprint density at radius 3 is 2.49 bits per heavy atom. The van der Waals surface area contributed by atoms with Crippen LogP contribution in [0.15, 0.2) is 24.3 Å². The number of aliphatic hydroxyl groups excluding tert-OH is 2. The first kappa shape index (κ1) is 27.1. The Kier molecular flexibility index (Phi) is 6.43. The molecule has 5 aliphatic rings. The number of hydrogen-bond acceptors (Lipinski definition) is 5. The van der Waals surface area contributed by atoms with Gasteiger partial charge in [-0.05, 0) is 97.7 Å². The molecule has 5 rings (SSSR count). The van der Waals surface area contributed by atoms with Gasteiger partial charge in [0.25, 0.3) is 0 Å². The van der Waals surface area contributed by atoms with Crippen LogP contribution in [0, 0.1) is 50.7 Å². The summed E-state index contributed by atoms with van der Waals surface area (Å²) < 4.78 is 5.67. The molecule has 0 aromatic rings. The predicted octanol–water partition coefficient (Wildman–Crippen LogP) is 5.64. The van der Waals surface area contributed by atoms with Gasteiger partial charge in [0.1, 0.15) is 18.3 Å². The highest BCUT2D eigenvalue weighted by atomic mass is 16.5. The van der Waals surface area contributed by atoms with Crippen molar-refractivity contribution in [2.45, 2.75) is 105 Å². The van der Waals surface area contributed by atoms with Crippen LogP contribution in [0.1, 0.15) is 92.4 Å². The first-order valence-corrected chi connectivity index (χ1v) is 14.7. The number of aliphatic hydroxyl groups is 2. The van der Waals surface area contributed by atoms with Gasteiger partial charge in [-0.25, -0.2) is 0 Å². The molecular formula is C32H48O5. The lowest BCUT2D eigenvalue weighted by molar-refractivity contribution is -0.217. The molecular weight excluding hydrogens is 464 g/mol. The zero-order chi connectivity index (χ0) is 27.0. The number of esters is 1. The molecule has 0 amide bonds. The van der Waals surface area contributed by atoms with Crippen LogP contribution in [0.2, 0.25) is 0 Å². The fraction of sp³-hybridized carbons (Fsp3) is 0.812. The third-order valence-electron chi connectivity index (χ3n) is 13.1. The van der Waals surface area contributed by atoms with Crippen LogP contribution in [-0.2, 0) is 14.3 Å². The largest absolute Gasteiger partial charge is 0.461 e. The summed E-state index contributed by atoms with van der Waals surface area (Å²) in [4.78, 5) is 26.0. The monoisotopic (exact) mass is 512 g/mol. The highest BCUT2D eigenvalue weighted by Crippen LogP contribution is 2.75. The van der Waals surface area contributed by atoms with E-state index in [4.69, 9.17) is 4.74 Å². The zero-order valence-electron chi connectivity index (χ0n) is 23.6. The topological polar surface area (TPSA) is 83.8 Å². The summed E-state index contributed by atoms with van der Waals surface area (Å²) in [7, 11) is 0. The lowest BCUT2D eigenvalue weighted by Gasteiger charge is -2.71. The van der Waals surface area contributed by atoms with Crippen molar-refractivity contribution >= 4 is 12.3 Å². The van der Waals surface area contributed by atoms with E-state index in [1.54, 1.807) is 6.08 Å². The van der Waals surface area contributed by atoms with E-state index in [9.17, 15) is 19.8 Å². The van der Waals surface area contributed by atoms with E-state index in [0.717, 1.165) is 44.8 Å². The van der Waals surface area contributed by atoms with E-state index in [-0.39, 0.29) is 40.7 Å². The van der Waals surface area contributed by atoms with Crippen molar-refractivity contribution in [2.24, 2.45) is 50.7 Å². The molecule has 37 heavy (non-hydrogen) atoms. The fourth-order valence-corrected chi connectivity index (χ4v) is 10.7. The lowest BCUT2D eigenvalue weighted by atomic mass is 9.33. The van der Waals surface area contributed by atoms with Gasteiger partial charge in [-0.1, -0.05) is 58.9 Å². The van der Waals surface area contributed by atoms with E-state index in [2.05, 4.69) is 40.3 Å². The molecule has 0 aromatic heterocycles. The number of carbonyl (C=O) groups is 2. The molecule has 4 saturated carbocycles. The molecule has 0 saturated heterocycles. The van der Waals surface area contributed by atoms with Crippen molar-refractivity contribution in [3.05, 3.63) is 24.3 Å². The van der Waals surface area contributed by atoms with Crippen LogP contribution in [0.25, 0.3) is 0 Å². The maximum atomic E-state index is 13.6. The Bertz CT molecular complexity index is 1000. The highest BCUT2D eigenvalue weighted by molar-refractivity contribution is 5.79. The molecule has 0 bridgehead atoms. The molecule has 4 fully saturated rings. The van der Waals surface area contributed by atoms with Gasteiger partial charge in [-0.15, -0.1) is 0 Å². The van der Waals surface area contributed by atoms with Crippen LogP contribution < -0.4 is 0 Å².